The first-order valence-electron chi connectivity index (χ1n) is 19.7. The molecule has 5 N–H and O–H groups in total. The molecule has 12 atom stereocenters. The molecule has 1 aromatic heterocycles. The lowest BCUT2D eigenvalue weighted by Crippen LogP contribution is -2.58. The molecule has 0 amide bonds. The van der Waals surface area contributed by atoms with Gasteiger partial charge in [-0.05, 0) is 32.1 Å². The Morgan fingerprint density at radius 1 is 0.774 bits per heavy atom. The number of fused-ring (bicyclic) bond motifs is 2. The molecule has 304 valence electrons. The zero-order valence-electron chi connectivity index (χ0n) is 31.6. The van der Waals surface area contributed by atoms with Gasteiger partial charge in [-0.1, -0.05) is 82.1 Å². The van der Waals surface area contributed by atoms with Gasteiger partial charge in [0, 0.05) is 20.4 Å². The van der Waals surface area contributed by atoms with Gasteiger partial charge in [0.25, 0.3) is 11.9 Å². The maximum absolute atomic E-state index is 11.0. The van der Waals surface area contributed by atoms with Crippen molar-refractivity contribution >= 4 is 0 Å². The minimum absolute atomic E-state index is 0.0197. The molecule has 16 heteroatoms. The van der Waals surface area contributed by atoms with Crippen molar-refractivity contribution in [3.05, 3.63) is 24.0 Å². The molecular formula is C37H63N3O13. The van der Waals surface area contributed by atoms with E-state index in [0.717, 1.165) is 19.4 Å². The Balaban J connectivity index is 0.991. The highest BCUT2D eigenvalue weighted by Crippen LogP contribution is 2.40. The molecular weight excluding hydrogens is 694 g/mol. The molecule has 16 nitrogen and oxygen atoms in total. The summed E-state index contributed by atoms with van der Waals surface area (Å²) >= 11 is 0. The summed E-state index contributed by atoms with van der Waals surface area (Å²) in [7, 11) is 0. The van der Waals surface area contributed by atoms with E-state index in [2.05, 4.69) is 29.4 Å². The van der Waals surface area contributed by atoms with Gasteiger partial charge in [-0.25, -0.2) is 0 Å². The first-order valence-corrected chi connectivity index (χ1v) is 19.7. The van der Waals surface area contributed by atoms with Gasteiger partial charge < -0.3 is 54.0 Å². The number of aliphatic hydroxyl groups is 5. The number of aliphatic hydroxyl groups excluding tert-OH is 4. The summed E-state index contributed by atoms with van der Waals surface area (Å²) in [5.41, 5.74) is 0.570. The van der Waals surface area contributed by atoms with Crippen LogP contribution in [0.1, 0.15) is 116 Å². The molecule has 4 aliphatic rings. The average Bonchev–Trinajstić information content (AvgIpc) is 3.82. The Kier molecular flexibility index (Phi) is 16.4. The van der Waals surface area contributed by atoms with E-state index in [0.29, 0.717) is 5.69 Å². The third-order valence-corrected chi connectivity index (χ3v) is 10.2. The largest absolute Gasteiger partial charge is 0.394 e. The van der Waals surface area contributed by atoms with Gasteiger partial charge in [-0.3, -0.25) is 14.2 Å². The van der Waals surface area contributed by atoms with Gasteiger partial charge in [-0.15, -0.1) is 5.10 Å². The molecule has 0 radical (unpaired) electrons. The first-order chi connectivity index (χ1) is 25.5. The van der Waals surface area contributed by atoms with Crippen LogP contribution in [0.4, 0.5) is 0 Å². The van der Waals surface area contributed by atoms with Crippen LogP contribution in [0.2, 0.25) is 0 Å². The number of nitrogens with zero attached hydrogens (tertiary/aromatic N) is 3. The third kappa shape index (κ3) is 12.2. The van der Waals surface area contributed by atoms with Crippen molar-refractivity contribution in [2.45, 2.75) is 197 Å². The van der Waals surface area contributed by atoms with Crippen molar-refractivity contribution in [2.24, 2.45) is 0 Å². The van der Waals surface area contributed by atoms with Crippen LogP contribution in [0.5, 0.6) is 0 Å². The number of aromatic nitrogens is 3. The molecule has 5 rings (SSSR count). The summed E-state index contributed by atoms with van der Waals surface area (Å²) in [5, 5.41) is 60.5. The summed E-state index contributed by atoms with van der Waals surface area (Å²) in [5.74, 6) is -3.73. The lowest BCUT2D eigenvalue weighted by atomic mass is 9.99. The second kappa shape index (κ2) is 20.5. The minimum atomic E-state index is -1.99. The van der Waals surface area contributed by atoms with Crippen LogP contribution < -0.4 is 0 Å². The molecule has 0 spiro atoms. The van der Waals surface area contributed by atoms with Crippen molar-refractivity contribution in [1.29, 1.82) is 0 Å². The number of ether oxygens (including phenoxy) is 8. The number of hydrogen-bond donors (Lipinski definition) is 5. The fraction of sp³-hybridized carbons (Fsp3) is 0.892. The SMILES string of the molecule is CCCCCCCC/C=C\CCCCCCCCn1cc(COC2C(O)C(CO)OC3OC(C)(OCC4OC5OC(C)(O)OC5C(O)C4O)OC32)nn1. The van der Waals surface area contributed by atoms with Crippen LogP contribution in [-0.4, -0.2) is 127 Å². The molecule has 53 heavy (non-hydrogen) atoms. The van der Waals surface area contributed by atoms with E-state index < -0.39 is 80.0 Å². The van der Waals surface area contributed by atoms with E-state index in [1.54, 1.807) is 4.68 Å². The molecule has 5 heterocycles. The maximum Gasteiger partial charge on any atom is 0.282 e. The summed E-state index contributed by atoms with van der Waals surface area (Å²) in [6.07, 6.45) is 12.5. The Morgan fingerprint density at radius 2 is 1.42 bits per heavy atom. The summed E-state index contributed by atoms with van der Waals surface area (Å²) in [6.45, 7) is 4.93. The van der Waals surface area contributed by atoms with E-state index >= 15 is 0 Å². The molecule has 0 aliphatic carbocycles. The Morgan fingerprint density at radius 3 is 2.11 bits per heavy atom. The van der Waals surface area contributed by atoms with Crippen molar-refractivity contribution in [1.82, 2.24) is 15.0 Å². The van der Waals surface area contributed by atoms with Crippen LogP contribution in [-0.2, 0) is 51.0 Å². The van der Waals surface area contributed by atoms with Crippen molar-refractivity contribution in [3.63, 3.8) is 0 Å². The predicted molar refractivity (Wildman–Crippen MR) is 187 cm³/mol. The molecule has 4 fully saturated rings. The van der Waals surface area contributed by atoms with Crippen LogP contribution in [0.25, 0.3) is 0 Å². The fourth-order valence-corrected chi connectivity index (χ4v) is 7.22. The molecule has 0 bridgehead atoms. The van der Waals surface area contributed by atoms with Crippen LogP contribution in [0.15, 0.2) is 18.3 Å². The summed E-state index contributed by atoms with van der Waals surface area (Å²) in [6, 6.07) is 0. The summed E-state index contributed by atoms with van der Waals surface area (Å²) < 4.78 is 47.7. The van der Waals surface area contributed by atoms with Gasteiger partial charge in [0.05, 0.1) is 26.0 Å². The molecule has 12 unspecified atom stereocenters. The smallest absolute Gasteiger partial charge is 0.282 e. The van der Waals surface area contributed by atoms with Gasteiger partial charge in [0.2, 0.25) is 0 Å². The Labute approximate surface area is 312 Å². The highest BCUT2D eigenvalue weighted by Gasteiger charge is 2.59. The van der Waals surface area contributed by atoms with E-state index in [1.807, 2.05) is 6.20 Å². The average molecular weight is 758 g/mol. The Bertz CT molecular complexity index is 1240. The van der Waals surface area contributed by atoms with E-state index in [1.165, 1.54) is 90.9 Å². The minimum Gasteiger partial charge on any atom is -0.394 e. The summed E-state index contributed by atoms with van der Waals surface area (Å²) in [4.78, 5) is 0. The van der Waals surface area contributed by atoms with Crippen molar-refractivity contribution in [2.75, 3.05) is 13.2 Å². The molecule has 4 saturated heterocycles. The lowest BCUT2D eigenvalue weighted by Gasteiger charge is -2.39. The number of unbranched alkanes of at least 4 members (excludes halogenated alkanes) is 12. The second-order valence-corrected chi connectivity index (χ2v) is 14.9. The number of allylic oxidation sites excluding steroid dienone is 2. The highest BCUT2D eigenvalue weighted by atomic mass is 16.9. The standard InChI is InChI=1S/C37H63N3O13/c1-4-5-6-7-8-9-10-11-12-13-14-15-16-17-18-19-20-40-21-25(38-39-40)23-46-31-29(43)26(22-41)48-35-33(31)51-37(3,53-35)47-24-27-28(42)30(44)32-34(49-27)52-36(2,45)50-32/h11-12,21,26-35,41-45H,4-10,13-20,22-24H2,1-3H3/b12-11-. The number of aryl methyl sites for hydroxylation is 1. The van der Waals surface area contributed by atoms with E-state index in [-0.39, 0.29) is 13.2 Å². The molecule has 4 aliphatic heterocycles. The van der Waals surface area contributed by atoms with E-state index in [4.69, 9.17) is 37.9 Å². The fourth-order valence-electron chi connectivity index (χ4n) is 7.22. The predicted octanol–water partition coefficient (Wildman–Crippen LogP) is 2.91. The number of hydrogen-bond acceptors (Lipinski definition) is 15. The van der Waals surface area contributed by atoms with Crippen LogP contribution in [0.3, 0.4) is 0 Å². The van der Waals surface area contributed by atoms with E-state index in [9.17, 15) is 25.5 Å². The van der Waals surface area contributed by atoms with Gasteiger partial charge >= 0.3 is 0 Å². The van der Waals surface area contributed by atoms with Gasteiger partial charge in [0.1, 0.15) is 54.5 Å². The van der Waals surface area contributed by atoms with Crippen LogP contribution in [0, 0.1) is 0 Å². The topological polar surface area (TPSA) is 206 Å². The third-order valence-electron chi connectivity index (χ3n) is 10.2. The van der Waals surface area contributed by atoms with Gasteiger partial charge in [0.15, 0.2) is 12.6 Å². The molecule has 1 aromatic rings. The van der Waals surface area contributed by atoms with Crippen LogP contribution >= 0.6 is 0 Å². The zero-order valence-corrected chi connectivity index (χ0v) is 31.6. The normalized spacial score (nSPS) is 37.1. The zero-order chi connectivity index (χ0) is 37.8. The highest BCUT2D eigenvalue weighted by molar-refractivity contribution is 4.97. The molecule has 0 saturated carbocycles. The van der Waals surface area contributed by atoms with Crippen molar-refractivity contribution in [3.8, 4) is 0 Å². The number of rotatable bonds is 23. The first kappa shape index (κ1) is 42.5. The Hall–Kier alpha value is -1.64. The van der Waals surface area contributed by atoms with Gasteiger partial charge in [-0.2, -0.15) is 0 Å². The monoisotopic (exact) mass is 757 g/mol. The molecule has 0 aromatic carbocycles. The lowest BCUT2D eigenvalue weighted by molar-refractivity contribution is -0.362. The second-order valence-electron chi connectivity index (χ2n) is 14.9. The van der Waals surface area contributed by atoms with Crippen molar-refractivity contribution < 1.29 is 63.4 Å². The maximum atomic E-state index is 11.0. The quantitative estimate of drug-likeness (QED) is 0.0804.